The van der Waals surface area contributed by atoms with Crippen LogP contribution in [0, 0.1) is 0 Å². The quantitative estimate of drug-likeness (QED) is 0.197. The maximum atomic E-state index is 11.3. The number of benzene rings is 1. The van der Waals surface area contributed by atoms with Crippen LogP contribution in [0.15, 0.2) is 29.3 Å². The summed E-state index contributed by atoms with van der Waals surface area (Å²) in [5.74, 6) is 0.604. The lowest BCUT2D eigenvalue weighted by atomic mass is 9.96. The van der Waals surface area contributed by atoms with Gasteiger partial charge in [0, 0.05) is 37.0 Å². The number of guanidine groups is 1. The number of halogens is 2. The summed E-state index contributed by atoms with van der Waals surface area (Å²) < 4.78 is 4.91. The third-order valence-electron chi connectivity index (χ3n) is 4.26. The van der Waals surface area contributed by atoms with Crippen molar-refractivity contribution in [1.82, 2.24) is 10.6 Å². The molecule has 5 nitrogen and oxygen atoms in total. The Labute approximate surface area is 172 Å². The highest BCUT2D eigenvalue weighted by atomic mass is 127. The van der Waals surface area contributed by atoms with Crippen LogP contribution in [0.25, 0.3) is 0 Å². The molecule has 0 radical (unpaired) electrons. The minimum absolute atomic E-state index is 0. The zero-order valence-electron chi connectivity index (χ0n) is 14.8. The SMILES string of the molecule is CCOC(=O)CCCNC(=NC)NCC1(c2cccc(Cl)c2)CC1.I. The minimum Gasteiger partial charge on any atom is -0.466 e. The molecule has 0 aromatic heterocycles. The molecule has 140 valence electrons. The van der Waals surface area contributed by atoms with Crippen LogP contribution < -0.4 is 10.6 Å². The Kier molecular flexibility index (Phi) is 9.56. The van der Waals surface area contributed by atoms with Gasteiger partial charge in [0.25, 0.3) is 0 Å². The number of carbonyl (C=O) groups excluding carboxylic acids is 1. The predicted octanol–water partition coefficient (Wildman–Crippen LogP) is 3.50. The fraction of sp³-hybridized carbons (Fsp3) is 0.556. The summed E-state index contributed by atoms with van der Waals surface area (Å²) in [5, 5.41) is 7.40. The average Bonchev–Trinajstić information content (AvgIpc) is 3.36. The van der Waals surface area contributed by atoms with E-state index in [1.807, 2.05) is 25.1 Å². The van der Waals surface area contributed by atoms with Gasteiger partial charge >= 0.3 is 5.97 Å². The van der Waals surface area contributed by atoms with Crippen LogP contribution in [-0.2, 0) is 14.9 Å². The van der Waals surface area contributed by atoms with Crippen molar-refractivity contribution < 1.29 is 9.53 Å². The molecule has 1 fully saturated rings. The predicted molar refractivity (Wildman–Crippen MR) is 113 cm³/mol. The van der Waals surface area contributed by atoms with Crippen molar-refractivity contribution in [3.63, 3.8) is 0 Å². The van der Waals surface area contributed by atoms with E-state index in [4.69, 9.17) is 16.3 Å². The van der Waals surface area contributed by atoms with Crippen molar-refractivity contribution in [1.29, 1.82) is 0 Å². The highest BCUT2D eigenvalue weighted by Crippen LogP contribution is 2.48. The van der Waals surface area contributed by atoms with Gasteiger partial charge in [-0.05, 0) is 43.9 Å². The Bertz CT molecular complexity index is 591. The van der Waals surface area contributed by atoms with Crippen molar-refractivity contribution in [2.75, 3.05) is 26.7 Å². The lowest BCUT2D eigenvalue weighted by molar-refractivity contribution is -0.143. The molecule has 0 saturated heterocycles. The molecule has 1 saturated carbocycles. The molecule has 0 heterocycles. The van der Waals surface area contributed by atoms with Crippen molar-refractivity contribution in [3.8, 4) is 0 Å². The highest BCUT2D eigenvalue weighted by Gasteiger charge is 2.44. The van der Waals surface area contributed by atoms with Gasteiger partial charge in [-0.15, -0.1) is 24.0 Å². The second-order valence-corrected chi connectivity index (χ2v) is 6.49. The Hall–Kier alpha value is -1.02. The van der Waals surface area contributed by atoms with E-state index in [2.05, 4.69) is 21.7 Å². The Morgan fingerprint density at radius 2 is 2.12 bits per heavy atom. The molecule has 1 aliphatic carbocycles. The van der Waals surface area contributed by atoms with Gasteiger partial charge in [-0.3, -0.25) is 9.79 Å². The van der Waals surface area contributed by atoms with Crippen molar-refractivity contribution in [3.05, 3.63) is 34.9 Å². The lowest BCUT2D eigenvalue weighted by Gasteiger charge is -2.19. The third-order valence-corrected chi connectivity index (χ3v) is 4.50. The third kappa shape index (κ3) is 7.01. The molecular formula is C18H27ClIN3O2. The van der Waals surface area contributed by atoms with Gasteiger partial charge in [-0.2, -0.15) is 0 Å². The molecular weight excluding hydrogens is 453 g/mol. The number of ether oxygens (including phenoxy) is 1. The van der Waals surface area contributed by atoms with Crippen LogP contribution in [0.2, 0.25) is 5.02 Å². The van der Waals surface area contributed by atoms with Crippen molar-refractivity contribution in [2.45, 2.75) is 38.0 Å². The highest BCUT2D eigenvalue weighted by molar-refractivity contribution is 14.0. The number of hydrogen-bond donors (Lipinski definition) is 2. The summed E-state index contributed by atoms with van der Waals surface area (Å²) in [6.07, 6.45) is 3.45. The smallest absolute Gasteiger partial charge is 0.305 e. The maximum Gasteiger partial charge on any atom is 0.305 e. The standard InChI is InChI=1S/C18H26ClN3O2.HI/c1-3-24-16(23)8-5-11-21-17(20-2)22-13-18(9-10-18)14-6-4-7-15(19)12-14;/h4,6-7,12H,3,5,8-11,13H2,1-2H3,(H2,20,21,22);1H. The van der Waals surface area contributed by atoms with Gasteiger partial charge in [0.2, 0.25) is 0 Å². The van der Waals surface area contributed by atoms with E-state index in [9.17, 15) is 4.79 Å². The van der Waals surface area contributed by atoms with Crippen molar-refractivity contribution >= 4 is 47.5 Å². The summed E-state index contributed by atoms with van der Waals surface area (Å²) >= 11 is 6.11. The summed E-state index contributed by atoms with van der Waals surface area (Å²) in [4.78, 5) is 15.5. The molecule has 0 amide bonds. The first kappa shape index (κ1) is 22.0. The summed E-state index contributed by atoms with van der Waals surface area (Å²) in [7, 11) is 1.75. The second-order valence-electron chi connectivity index (χ2n) is 6.05. The summed E-state index contributed by atoms with van der Waals surface area (Å²) in [6, 6.07) is 8.08. The normalized spacial score (nSPS) is 15.1. The summed E-state index contributed by atoms with van der Waals surface area (Å²) in [6.45, 7) is 3.75. The Morgan fingerprint density at radius 3 is 2.72 bits per heavy atom. The van der Waals surface area contributed by atoms with E-state index >= 15 is 0 Å². The Balaban J connectivity index is 0.00000312. The first-order valence-corrected chi connectivity index (χ1v) is 8.83. The van der Waals surface area contributed by atoms with Crippen LogP contribution in [0.4, 0.5) is 0 Å². The van der Waals surface area contributed by atoms with Crippen molar-refractivity contribution in [2.24, 2.45) is 4.99 Å². The Morgan fingerprint density at radius 1 is 1.36 bits per heavy atom. The molecule has 1 aromatic rings. The molecule has 7 heteroatoms. The molecule has 0 spiro atoms. The van der Waals surface area contributed by atoms with Gasteiger partial charge in [0.15, 0.2) is 5.96 Å². The van der Waals surface area contributed by atoms with Gasteiger partial charge in [-0.1, -0.05) is 23.7 Å². The largest absolute Gasteiger partial charge is 0.466 e. The van der Waals surface area contributed by atoms with Crippen LogP contribution in [0.3, 0.4) is 0 Å². The van der Waals surface area contributed by atoms with E-state index in [1.54, 1.807) is 7.05 Å². The average molecular weight is 480 g/mol. The van der Waals surface area contributed by atoms with Crippen LogP contribution in [0.5, 0.6) is 0 Å². The molecule has 0 unspecified atom stereocenters. The minimum atomic E-state index is -0.153. The number of carbonyl (C=O) groups is 1. The number of nitrogens with zero attached hydrogens (tertiary/aromatic N) is 1. The van der Waals surface area contributed by atoms with Gasteiger partial charge in [0.05, 0.1) is 6.61 Å². The monoisotopic (exact) mass is 479 g/mol. The van der Waals surface area contributed by atoms with Gasteiger partial charge < -0.3 is 15.4 Å². The fourth-order valence-corrected chi connectivity index (χ4v) is 2.87. The number of esters is 1. The lowest BCUT2D eigenvalue weighted by Crippen LogP contribution is -2.41. The first-order valence-electron chi connectivity index (χ1n) is 8.46. The molecule has 1 aliphatic rings. The van der Waals surface area contributed by atoms with E-state index in [-0.39, 0.29) is 35.4 Å². The molecule has 2 N–H and O–H groups in total. The van der Waals surface area contributed by atoms with E-state index in [0.717, 1.165) is 36.8 Å². The molecule has 1 aromatic carbocycles. The van der Waals surface area contributed by atoms with Crippen LogP contribution in [0.1, 0.15) is 38.2 Å². The molecule has 2 rings (SSSR count). The molecule has 0 aliphatic heterocycles. The number of rotatable bonds is 8. The maximum absolute atomic E-state index is 11.3. The van der Waals surface area contributed by atoms with Gasteiger partial charge in [-0.25, -0.2) is 0 Å². The zero-order valence-corrected chi connectivity index (χ0v) is 17.9. The van der Waals surface area contributed by atoms with E-state index < -0.39 is 0 Å². The molecule has 0 bridgehead atoms. The zero-order chi connectivity index (χ0) is 17.4. The van der Waals surface area contributed by atoms with Crippen LogP contribution in [-0.4, -0.2) is 38.7 Å². The van der Waals surface area contributed by atoms with Crippen LogP contribution >= 0.6 is 35.6 Å². The second kappa shape index (κ2) is 10.9. The number of aliphatic imine (C=N–C) groups is 1. The fourth-order valence-electron chi connectivity index (χ4n) is 2.68. The molecule has 25 heavy (non-hydrogen) atoms. The number of hydrogen-bond acceptors (Lipinski definition) is 3. The van der Waals surface area contributed by atoms with Gasteiger partial charge in [0.1, 0.15) is 0 Å². The van der Waals surface area contributed by atoms with E-state index in [1.165, 1.54) is 5.56 Å². The number of nitrogens with one attached hydrogen (secondary N) is 2. The molecule has 0 atom stereocenters. The first-order chi connectivity index (χ1) is 11.6. The topological polar surface area (TPSA) is 62.7 Å². The van der Waals surface area contributed by atoms with E-state index in [0.29, 0.717) is 19.6 Å². The summed E-state index contributed by atoms with van der Waals surface area (Å²) in [5.41, 5.74) is 1.44.